The molecule has 1 aliphatic rings. The van der Waals surface area contributed by atoms with Crippen LogP contribution in [0.5, 0.6) is 0 Å². The molecular formula is C23H25N2O3SSe+. The molecule has 3 aromatic rings. The molecule has 0 saturated carbocycles. The molecule has 2 heterocycles. The molecule has 0 unspecified atom stereocenters. The van der Waals surface area contributed by atoms with Crippen LogP contribution in [-0.2, 0) is 16.7 Å². The Labute approximate surface area is 183 Å². The van der Waals surface area contributed by atoms with Crippen molar-refractivity contribution in [2.75, 3.05) is 17.2 Å². The Morgan fingerprint density at radius 2 is 1.80 bits per heavy atom. The van der Waals surface area contributed by atoms with E-state index in [0.29, 0.717) is 12.8 Å². The number of hydrogen-bond donors (Lipinski definition) is 1. The predicted octanol–water partition coefficient (Wildman–Crippen LogP) is 2.96. The van der Waals surface area contributed by atoms with E-state index in [-0.39, 0.29) is 20.7 Å². The van der Waals surface area contributed by atoms with Gasteiger partial charge in [0, 0.05) is 0 Å². The number of aryl methyl sites for hydroxylation is 1. The molecule has 0 amide bonds. The zero-order chi connectivity index (χ0) is 21.1. The Morgan fingerprint density at radius 3 is 2.60 bits per heavy atom. The third-order valence-corrected chi connectivity index (χ3v) is 8.37. The number of hydrogen-bond acceptors (Lipinski definition) is 3. The second kappa shape index (κ2) is 8.90. The summed E-state index contributed by atoms with van der Waals surface area (Å²) < 4.78 is 36.0. The molecular weight excluding hydrogens is 463 g/mol. The maximum absolute atomic E-state index is 11.0. The zero-order valence-corrected chi connectivity index (χ0v) is 19.4. The summed E-state index contributed by atoms with van der Waals surface area (Å²) in [5, 5.41) is 1.23. The van der Waals surface area contributed by atoms with Crippen molar-refractivity contribution < 1.29 is 17.5 Å². The Morgan fingerprint density at radius 1 is 1.03 bits per heavy atom. The minimum atomic E-state index is -3.90. The van der Waals surface area contributed by atoms with Gasteiger partial charge < -0.3 is 0 Å². The zero-order valence-electron chi connectivity index (χ0n) is 16.9. The third-order valence-electron chi connectivity index (χ3n) is 5.23. The summed E-state index contributed by atoms with van der Waals surface area (Å²) >= 11 is 0.191. The van der Waals surface area contributed by atoms with Gasteiger partial charge in [-0.3, -0.25) is 0 Å². The van der Waals surface area contributed by atoms with Gasteiger partial charge in [0.05, 0.1) is 0 Å². The van der Waals surface area contributed by atoms with Gasteiger partial charge in [-0.25, -0.2) is 0 Å². The van der Waals surface area contributed by atoms with Gasteiger partial charge in [-0.05, 0) is 0 Å². The van der Waals surface area contributed by atoms with Crippen LogP contribution in [0.15, 0.2) is 65.3 Å². The van der Waals surface area contributed by atoms with Crippen LogP contribution in [-0.4, -0.2) is 40.2 Å². The summed E-state index contributed by atoms with van der Waals surface area (Å²) in [5.74, 6) is -0.187. The fourth-order valence-electron chi connectivity index (χ4n) is 3.83. The van der Waals surface area contributed by atoms with E-state index in [4.69, 9.17) is 4.55 Å². The van der Waals surface area contributed by atoms with Crippen LogP contribution in [0.3, 0.4) is 0 Å². The molecule has 0 fully saturated rings. The van der Waals surface area contributed by atoms with Crippen molar-refractivity contribution in [3.05, 3.63) is 71.0 Å². The van der Waals surface area contributed by atoms with Crippen LogP contribution in [0.4, 0.5) is 5.69 Å². The molecule has 1 aliphatic heterocycles. The first-order valence-corrected chi connectivity index (χ1v) is 13.4. The predicted molar refractivity (Wildman–Crippen MR) is 123 cm³/mol. The molecule has 7 heteroatoms. The Bertz CT molecular complexity index is 1210. The second-order valence-electron chi connectivity index (χ2n) is 7.26. The molecule has 0 radical (unpaired) electrons. The van der Waals surface area contributed by atoms with Crippen LogP contribution < -0.4 is 13.9 Å². The number of aromatic nitrogens is 1. The van der Waals surface area contributed by atoms with E-state index < -0.39 is 10.1 Å². The Kier molecular flexibility index (Phi) is 6.25. The van der Waals surface area contributed by atoms with Crippen LogP contribution in [0.1, 0.15) is 25.5 Å². The molecule has 2 aromatic carbocycles. The van der Waals surface area contributed by atoms with E-state index in [1.54, 1.807) is 0 Å². The monoisotopic (exact) mass is 489 g/mol. The van der Waals surface area contributed by atoms with Crippen molar-refractivity contribution in [3.63, 3.8) is 0 Å². The summed E-state index contributed by atoms with van der Waals surface area (Å²) in [7, 11) is -3.90. The molecule has 156 valence electrons. The van der Waals surface area contributed by atoms with Gasteiger partial charge in [0.25, 0.3) is 0 Å². The van der Waals surface area contributed by atoms with Crippen molar-refractivity contribution >= 4 is 52.2 Å². The summed E-state index contributed by atoms with van der Waals surface area (Å²) in [6, 6.07) is 21.2. The fourth-order valence-corrected chi connectivity index (χ4v) is 6.78. The molecule has 30 heavy (non-hydrogen) atoms. The van der Waals surface area contributed by atoms with Gasteiger partial charge in [0.1, 0.15) is 0 Å². The summed E-state index contributed by atoms with van der Waals surface area (Å²) in [6.07, 6.45) is 3.43. The van der Waals surface area contributed by atoms with Crippen LogP contribution in [0.2, 0.25) is 0 Å². The van der Waals surface area contributed by atoms with E-state index in [1.165, 1.54) is 31.3 Å². The van der Waals surface area contributed by atoms with Crippen molar-refractivity contribution in [1.29, 1.82) is 0 Å². The molecule has 0 aliphatic carbocycles. The molecule has 4 rings (SSSR count). The van der Waals surface area contributed by atoms with Crippen molar-refractivity contribution in [1.82, 2.24) is 0 Å². The molecule has 5 nitrogen and oxygen atoms in total. The van der Waals surface area contributed by atoms with E-state index >= 15 is 0 Å². The number of rotatable bonds is 7. The Balaban J connectivity index is 1.66. The minimum absolute atomic E-state index is 0.187. The molecule has 0 saturated heterocycles. The fraction of sp³-hybridized carbons (Fsp3) is 0.261. The molecule has 1 N–H and O–H groups in total. The summed E-state index contributed by atoms with van der Waals surface area (Å²) in [4.78, 5) is 2.31. The molecule has 0 bridgehead atoms. The van der Waals surface area contributed by atoms with Gasteiger partial charge in [-0.1, -0.05) is 0 Å². The van der Waals surface area contributed by atoms with Crippen molar-refractivity contribution in [2.24, 2.45) is 0 Å². The standard InChI is InChI=1S/C23H24N2O3SSe/c1-2-24-19(14-13-18-9-3-4-10-20(18)24)17-23-25(15-7-8-16-29(26,27)28)21-11-5-6-12-22(21)30-23/h3-6,9-14,17H,2,7-8,15-16H2,1H3/p+1. The van der Waals surface area contributed by atoms with Crippen molar-refractivity contribution in [3.8, 4) is 0 Å². The normalized spacial score (nSPS) is 15.1. The second-order valence-corrected chi connectivity index (χ2v) is 11.1. The number of pyridine rings is 1. The quantitative estimate of drug-likeness (QED) is 0.241. The van der Waals surface area contributed by atoms with Gasteiger partial charge in [0.2, 0.25) is 0 Å². The third kappa shape index (κ3) is 4.60. The average Bonchev–Trinajstić information content (AvgIpc) is 3.07. The topological polar surface area (TPSA) is 61.5 Å². The van der Waals surface area contributed by atoms with E-state index in [1.807, 2.05) is 6.07 Å². The maximum atomic E-state index is 11.0. The first kappa shape index (κ1) is 21.1. The van der Waals surface area contributed by atoms with Gasteiger partial charge in [-0.2, -0.15) is 0 Å². The molecule has 0 atom stereocenters. The number of anilines is 1. The van der Waals surface area contributed by atoms with Crippen molar-refractivity contribution in [2.45, 2.75) is 26.3 Å². The van der Waals surface area contributed by atoms with Crippen LogP contribution in [0, 0.1) is 0 Å². The van der Waals surface area contributed by atoms with Gasteiger partial charge >= 0.3 is 184 Å². The summed E-state index contributed by atoms with van der Waals surface area (Å²) in [5.41, 5.74) is 3.60. The van der Waals surface area contributed by atoms with Gasteiger partial charge in [0.15, 0.2) is 0 Å². The van der Waals surface area contributed by atoms with Crippen LogP contribution >= 0.6 is 0 Å². The first-order valence-electron chi connectivity index (χ1n) is 10.1. The molecule has 0 spiro atoms. The van der Waals surface area contributed by atoms with Crippen LogP contribution in [0.25, 0.3) is 17.0 Å². The number of unbranched alkanes of at least 4 members (excludes halogenated alkanes) is 1. The number of fused-ring (bicyclic) bond motifs is 2. The Hall–Kier alpha value is -2.18. The van der Waals surface area contributed by atoms with E-state index in [2.05, 4.69) is 77.1 Å². The number of para-hydroxylation sites is 2. The van der Waals surface area contributed by atoms with E-state index in [0.717, 1.165) is 13.1 Å². The first-order chi connectivity index (χ1) is 14.5. The van der Waals surface area contributed by atoms with Gasteiger partial charge in [-0.15, -0.1) is 0 Å². The average molecular weight is 488 g/mol. The van der Waals surface area contributed by atoms with E-state index in [9.17, 15) is 8.42 Å². The molecule has 1 aromatic heterocycles. The SMILES string of the molecule is CC[n+]1c(/C=C2\[Se]c3ccccc3N2CCCCS(=O)(=O)O)ccc2ccccc21. The number of nitrogens with zero attached hydrogens (tertiary/aromatic N) is 2. The summed E-state index contributed by atoms with van der Waals surface area (Å²) in [6.45, 7) is 3.78. The number of benzene rings is 2.